The van der Waals surface area contributed by atoms with Crippen LogP contribution in [-0.2, 0) is 23.9 Å². The van der Waals surface area contributed by atoms with E-state index in [1.54, 1.807) is 0 Å². The molecule has 0 heterocycles. The first-order chi connectivity index (χ1) is 6.85. The topological polar surface area (TPSA) is 116 Å². The van der Waals surface area contributed by atoms with Gasteiger partial charge in [-0.3, -0.25) is 14.4 Å². The van der Waals surface area contributed by atoms with Gasteiger partial charge in [0.2, 0.25) is 0 Å². The van der Waals surface area contributed by atoms with Gasteiger partial charge in [0.15, 0.2) is 0 Å². The normalized spacial score (nSPS) is 9.94. The largest absolute Gasteiger partial charge is 0.480 e. The predicted octanol–water partition coefficient (Wildman–Crippen LogP) is -0.683. The molecule has 0 aliphatic rings. The van der Waals surface area contributed by atoms with E-state index in [1.807, 2.05) is 0 Å². The molecule has 0 atom stereocenters. The lowest BCUT2D eigenvalue weighted by atomic mass is 9.92. The smallest absolute Gasteiger partial charge is 0.324 e. The molecule has 0 saturated carbocycles. The monoisotopic (exact) mass is 255 g/mol. The maximum Gasteiger partial charge on any atom is 0.324 e. The lowest BCUT2D eigenvalue weighted by Gasteiger charge is -2.21. The molecule has 0 bridgehead atoms. The number of carbonyl (C=O) groups is 3. The van der Waals surface area contributed by atoms with Crippen LogP contribution in [0.15, 0.2) is 0 Å². The van der Waals surface area contributed by atoms with Crippen LogP contribution in [0.5, 0.6) is 0 Å². The minimum absolute atomic E-state index is 0. The summed E-state index contributed by atoms with van der Waals surface area (Å²) in [5, 5.41) is 8.78. The van der Waals surface area contributed by atoms with Crippen LogP contribution in [0.3, 0.4) is 0 Å². The van der Waals surface area contributed by atoms with Gasteiger partial charge in [-0.15, -0.1) is 12.4 Å². The molecule has 8 heteroatoms. The maximum atomic E-state index is 10.9. The highest BCUT2D eigenvalue weighted by Crippen LogP contribution is 2.14. The Morgan fingerprint density at radius 1 is 1.12 bits per heavy atom. The summed E-state index contributed by atoms with van der Waals surface area (Å²) in [6.45, 7) is 0. The van der Waals surface area contributed by atoms with Gasteiger partial charge in [-0.05, 0) is 0 Å². The first-order valence-electron chi connectivity index (χ1n) is 4.01. The molecule has 0 aliphatic heterocycles. The first-order valence-corrected chi connectivity index (χ1v) is 4.01. The zero-order valence-corrected chi connectivity index (χ0v) is 9.70. The highest BCUT2D eigenvalue weighted by atomic mass is 35.5. The molecule has 0 rings (SSSR count). The quantitative estimate of drug-likeness (QED) is 0.625. The van der Waals surface area contributed by atoms with Crippen molar-refractivity contribution in [2.45, 2.75) is 18.4 Å². The Morgan fingerprint density at radius 3 is 1.62 bits per heavy atom. The summed E-state index contributed by atoms with van der Waals surface area (Å²) < 4.78 is 8.55. The molecule has 94 valence electrons. The number of rotatable bonds is 5. The van der Waals surface area contributed by atoms with Gasteiger partial charge >= 0.3 is 17.9 Å². The first kappa shape index (κ1) is 17.1. The molecular formula is C8H14ClNO6. The van der Waals surface area contributed by atoms with Crippen LogP contribution in [0, 0.1) is 0 Å². The van der Waals surface area contributed by atoms with E-state index in [2.05, 4.69) is 9.47 Å². The second kappa shape index (κ2) is 7.02. The zero-order valence-electron chi connectivity index (χ0n) is 8.89. The Labute approximate surface area is 98.3 Å². The number of methoxy groups -OCH3 is 2. The Balaban J connectivity index is 0. The molecule has 0 saturated heterocycles. The van der Waals surface area contributed by atoms with E-state index in [1.165, 1.54) is 0 Å². The fraction of sp³-hybridized carbons (Fsp3) is 0.625. The summed E-state index contributed by atoms with van der Waals surface area (Å²) in [5.74, 6) is -3.06. The fourth-order valence-electron chi connectivity index (χ4n) is 0.873. The van der Waals surface area contributed by atoms with Gasteiger partial charge in [-0.1, -0.05) is 0 Å². The van der Waals surface area contributed by atoms with Crippen molar-refractivity contribution >= 4 is 30.3 Å². The van der Waals surface area contributed by atoms with Crippen LogP contribution in [0.2, 0.25) is 0 Å². The number of halogens is 1. The number of esters is 2. The molecular weight excluding hydrogens is 242 g/mol. The third-order valence-corrected chi connectivity index (χ3v) is 1.80. The summed E-state index contributed by atoms with van der Waals surface area (Å²) in [4.78, 5) is 32.6. The third kappa shape index (κ3) is 4.94. The number of hydrogen-bond acceptors (Lipinski definition) is 6. The van der Waals surface area contributed by atoms with E-state index < -0.39 is 36.3 Å². The Hall–Kier alpha value is -1.34. The summed E-state index contributed by atoms with van der Waals surface area (Å²) in [6.07, 6.45) is -1.18. The van der Waals surface area contributed by atoms with Crippen molar-refractivity contribution in [1.82, 2.24) is 0 Å². The van der Waals surface area contributed by atoms with E-state index in [9.17, 15) is 14.4 Å². The van der Waals surface area contributed by atoms with E-state index in [-0.39, 0.29) is 12.4 Å². The number of carboxylic acids is 1. The lowest BCUT2D eigenvalue weighted by Crippen LogP contribution is -2.51. The van der Waals surface area contributed by atoms with Gasteiger partial charge in [0.1, 0.15) is 5.54 Å². The summed E-state index contributed by atoms with van der Waals surface area (Å²) in [7, 11) is 2.20. The van der Waals surface area contributed by atoms with E-state index in [0.29, 0.717) is 0 Å². The minimum atomic E-state index is -1.99. The van der Waals surface area contributed by atoms with Gasteiger partial charge in [-0.25, -0.2) is 0 Å². The van der Waals surface area contributed by atoms with Gasteiger partial charge in [0.05, 0.1) is 27.1 Å². The van der Waals surface area contributed by atoms with Crippen molar-refractivity contribution in [3.63, 3.8) is 0 Å². The fourth-order valence-corrected chi connectivity index (χ4v) is 0.873. The summed E-state index contributed by atoms with van der Waals surface area (Å²) in [5.41, 5.74) is 3.41. The van der Waals surface area contributed by atoms with Crippen LogP contribution in [0.25, 0.3) is 0 Å². The maximum absolute atomic E-state index is 10.9. The van der Waals surface area contributed by atoms with Crippen LogP contribution in [0.4, 0.5) is 0 Å². The minimum Gasteiger partial charge on any atom is -0.480 e. The van der Waals surface area contributed by atoms with Crippen molar-refractivity contribution < 1.29 is 29.0 Å². The molecule has 16 heavy (non-hydrogen) atoms. The van der Waals surface area contributed by atoms with Crippen molar-refractivity contribution in [2.75, 3.05) is 14.2 Å². The van der Waals surface area contributed by atoms with Crippen LogP contribution in [-0.4, -0.2) is 42.8 Å². The Morgan fingerprint density at radius 2 is 1.44 bits per heavy atom. The number of aliphatic carboxylic acids is 1. The van der Waals surface area contributed by atoms with Crippen molar-refractivity contribution in [1.29, 1.82) is 0 Å². The standard InChI is InChI=1S/C8H13NO6.ClH/c1-14-5(10)3-8(9,7(12)13)4-6(11)15-2;/h3-4,9H2,1-2H3,(H,12,13);1H. The number of ether oxygens (including phenoxy) is 2. The molecule has 0 aromatic rings. The molecule has 0 spiro atoms. The number of nitrogens with two attached hydrogens (primary N) is 1. The molecule has 7 nitrogen and oxygen atoms in total. The van der Waals surface area contributed by atoms with E-state index >= 15 is 0 Å². The summed E-state index contributed by atoms with van der Waals surface area (Å²) >= 11 is 0. The van der Waals surface area contributed by atoms with Crippen molar-refractivity contribution in [3.8, 4) is 0 Å². The summed E-state index contributed by atoms with van der Waals surface area (Å²) in [6, 6.07) is 0. The Kier molecular flexibility index (Phi) is 7.49. The Bertz CT molecular complexity index is 262. The van der Waals surface area contributed by atoms with Gasteiger partial charge < -0.3 is 20.3 Å². The predicted molar refractivity (Wildman–Crippen MR) is 55.1 cm³/mol. The highest BCUT2D eigenvalue weighted by Gasteiger charge is 2.39. The molecule has 0 aliphatic carbocycles. The molecule has 0 amide bonds. The van der Waals surface area contributed by atoms with Crippen molar-refractivity contribution in [3.05, 3.63) is 0 Å². The average molecular weight is 256 g/mol. The lowest BCUT2D eigenvalue weighted by molar-refractivity contribution is -0.155. The van der Waals surface area contributed by atoms with E-state index in [4.69, 9.17) is 10.8 Å². The second-order valence-corrected chi connectivity index (χ2v) is 2.97. The third-order valence-electron chi connectivity index (χ3n) is 1.80. The average Bonchev–Trinajstić information content (AvgIpc) is 2.16. The van der Waals surface area contributed by atoms with Crippen LogP contribution < -0.4 is 5.73 Å². The molecule has 0 unspecified atom stereocenters. The SMILES string of the molecule is COC(=O)CC(N)(CC(=O)OC)C(=O)O.Cl. The zero-order chi connectivity index (χ0) is 12.1. The highest BCUT2D eigenvalue weighted by molar-refractivity contribution is 5.89. The molecule has 0 aromatic heterocycles. The van der Waals surface area contributed by atoms with Crippen LogP contribution >= 0.6 is 12.4 Å². The second-order valence-electron chi connectivity index (χ2n) is 2.97. The van der Waals surface area contributed by atoms with Crippen LogP contribution in [0.1, 0.15) is 12.8 Å². The van der Waals surface area contributed by atoms with Crippen molar-refractivity contribution in [2.24, 2.45) is 5.73 Å². The molecule has 3 N–H and O–H groups in total. The van der Waals surface area contributed by atoms with Gasteiger partial charge in [0, 0.05) is 0 Å². The van der Waals surface area contributed by atoms with Gasteiger partial charge in [0.25, 0.3) is 0 Å². The number of hydrogen-bond donors (Lipinski definition) is 2. The van der Waals surface area contributed by atoms with Gasteiger partial charge in [-0.2, -0.15) is 0 Å². The molecule has 0 fully saturated rings. The number of carboxylic acid groups (broad SMARTS) is 1. The number of carbonyl (C=O) groups excluding carboxylic acids is 2. The molecule has 0 aromatic carbocycles. The molecule has 0 radical (unpaired) electrons. The van der Waals surface area contributed by atoms with E-state index in [0.717, 1.165) is 14.2 Å².